The molecule has 1 aromatic rings. The van der Waals surface area contributed by atoms with Crippen molar-refractivity contribution in [3.63, 3.8) is 0 Å². The number of rotatable bonds is 2. The predicted molar refractivity (Wildman–Crippen MR) is 77.6 cm³/mol. The molecule has 2 fully saturated rings. The molecule has 4 heteroatoms. The zero-order chi connectivity index (χ0) is 12.6. The number of hydrogen-bond donors (Lipinski definition) is 2. The number of benzene rings is 1. The molecular formula is C14H18Cl2N2. The van der Waals surface area contributed by atoms with Crippen molar-refractivity contribution in [3.8, 4) is 0 Å². The van der Waals surface area contributed by atoms with Crippen molar-refractivity contribution in [2.75, 3.05) is 18.4 Å². The maximum absolute atomic E-state index is 6.19. The topological polar surface area (TPSA) is 24.1 Å². The van der Waals surface area contributed by atoms with E-state index in [0.29, 0.717) is 21.5 Å². The fraction of sp³-hybridized carbons (Fsp3) is 0.571. The first-order chi connectivity index (χ1) is 8.69. The molecule has 1 aromatic carbocycles. The second-order valence-electron chi connectivity index (χ2n) is 5.60. The van der Waals surface area contributed by atoms with Gasteiger partial charge in [-0.25, -0.2) is 0 Å². The lowest BCUT2D eigenvalue weighted by Gasteiger charge is -2.51. The molecule has 0 unspecified atom stereocenters. The van der Waals surface area contributed by atoms with Crippen LogP contribution in [0.1, 0.15) is 25.7 Å². The average Bonchev–Trinajstić information content (AvgIpc) is 2.34. The van der Waals surface area contributed by atoms with Gasteiger partial charge < -0.3 is 10.6 Å². The van der Waals surface area contributed by atoms with Crippen LogP contribution in [0.15, 0.2) is 18.2 Å². The summed E-state index contributed by atoms with van der Waals surface area (Å²) in [6, 6.07) is 6.32. The van der Waals surface area contributed by atoms with Gasteiger partial charge in [0.2, 0.25) is 0 Å². The zero-order valence-electron chi connectivity index (χ0n) is 10.3. The maximum atomic E-state index is 6.19. The van der Waals surface area contributed by atoms with Crippen LogP contribution in [0.4, 0.5) is 5.69 Å². The molecule has 3 rings (SSSR count). The van der Waals surface area contributed by atoms with Gasteiger partial charge in [0, 0.05) is 6.04 Å². The smallest absolute Gasteiger partial charge is 0.0823 e. The van der Waals surface area contributed by atoms with Crippen LogP contribution in [0.25, 0.3) is 0 Å². The van der Waals surface area contributed by atoms with Crippen molar-refractivity contribution in [2.24, 2.45) is 5.41 Å². The summed E-state index contributed by atoms with van der Waals surface area (Å²) in [5.74, 6) is 0. The summed E-state index contributed by atoms with van der Waals surface area (Å²) >= 11 is 12.2. The van der Waals surface area contributed by atoms with E-state index in [1.165, 1.54) is 38.8 Å². The van der Waals surface area contributed by atoms with Crippen LogP contribution in [-0.4, -0.2) is 19.1 Å². The Morgan fingerprint density at radius 2 is 1.89 bits per heavy atom. The van der Waals surface area contributed by atoms with E-state index in [4.69, 9.17) is 23.2 Å². The van der Waals surface area contributed by atoms with Crippen LogP contribution < -0.4 is 10.6 Å². The molecule has 2 aliphatic rings. The molecule has 1 aliphatic carbocycles. The fourth-order valence-corrected chi connectivity index (χ4v) is 3.64. The maximum Gasteiger partial charge on any atom is 0.0823 e. The summed E-state index contributed by atoms with van der Waals surface area (Å²) in [5, 5.41) is 8.22. The first-order valence-electron chi connectivity index (χ1n) is 6.60. The normalized spacial score (nSPS) is 22.8. The van der Waals surface area contributed by atoms with E-state index >= 15 is 0 Å². The Kier molecular flexibility index (Phi) is 3.44. The number of anilines is 1. The summed E-state index contributed by atoms with van der Waals surface area (Å²) in [7, 11) is 0. The van der Waals surface area contributed by atoms with E-state index in [-0.39, 0.29) is 0 Å². The van der Waals surface area contributed by atoms with Crippen molar-refractivity contribution < 1.29 is 0 Å². The summed E-state index contributed by atoms with van der Waals surface area (Å²) < 4.78 is 0. The second kappa shape index (κ2) is 4.92. The average molecular weight is 285 g/mol. The molecule has 2 nitrogen and oxygen atoms in total. The molecule has 0 aromatic heterocycles. The number of piperidine rings is 1. The zero-order valence-corrected chi connectivity index (χ0v) is 11.8. The van der Waals surface area contributed by atoms with Crippen molar-refractivity contribution >= 4 is 28.9 Å². The molecule has 2 N–H and O–H groups in total. The van der Waals surface area contributed by atoms with E-state index in [0.717, 1.165) is 5.69 Å². The largest absolute Gasteiger partial charge is 0.381 e. The summed E-state index contributed by atoms with van der Waals surface area (Å²) in [6.45, 7) is 2.34. The van der Waals surface area contributed by atoms with Gasteiger partial charge in [0.25, 0.3) is 0 Å². The van der Waals surface area contributed by atoms with Gasteiger partial charge in [0.15, 0.2) is 0 Å². The Morgan fingerprint density at radius 3 is 2.61 bits per heavy atom. The quantitative estimate of drug-likeness (QED) is 0.860. The first kappa shape index (κ1) is 12.6. The summed E-state index contributed by atoms with van der Waals surface area (Å²) in [5.41, 5.74) is 1.56. The molecule has 1 saturated heterocycles. The SMILES string of the molecule is Clc1cccc(NC2CC3(CCNCC3)C2)c1Cl. The molecule has 1 spiro atoms. The highest BCUT2D eigenvalue weighted by Crippen LogP contribution is 2.49. The third-order valence-electron chi connectivity index (χ3n) is 4.33. The molecule has 0 radical (unpaired) electrons. The van der Waals surface area contributed by atoms with Crippen molar-refractivity contribution in [1.29, 1.82) is 0 Å². The lowest BCUT2D eigenvalue weighted by molar-refractivity contribution is 0.0719. The molecule has 0 atom stereocenters. The second-order valence-corrected chi connectivity index (χ2v) is 6.39. The highest BCUT2D eigenvalue weighted by molar-refractivity contribution is 6.43. The Labute approximate surface area is 118 Å². The molecular weight excluding hydrogens is 267 g/mol. The van der Waals surface area contributed by atoms with Crippen molar-refractivity contribution in [1.82, 2.24) is 5.32 Å². The molecule has 1 saturated carbocycles. The third kappa shape index (κ3) is 2.34. The summed E-state index contributed by atoms with van der Waals surface area (Å²) in [6.07, 6.45) is 5.15. The standard InChI is InChI=1S/C14H18Cl2N2/c15-11-2-1-3-12(13(11)16)18-10-8-14(9-10)4-6-17-7-5-14/h1-3,10,17-18H,4-9H2. The minimum Gasteiger partial charge on any atom is -0.381 e. The van der Waals surface area contributed by atoms with Crippen LogP contribution in [0.3, 0.4) is 0 Å². The van der Waals surface area contributed by atoms with Crippen LogP contribution >= 0.6 is 23.2 Å². The van der Waals surface area contributed by atoms with Crippen LogP contribution in [0.2, 0.25) is 10.0 Å². The lowest BCUT2D eigenvalue weighted by Crippen LogP contribution is -2.50. The fourth-order valence-electron chi connectivity index (χ4n) is 3.29. The van der Waals surface area contributed by atoms with Gasteiger partial charge >= 0.3 is 0 Å². The van der Waals surface area contributed by atoms with Crippen LogP contribution in [0.5, 0.6) is 0 Å². The molecule has 0 bridgehead atoms. The Morgan fingerprint density at radius 1 is 1.17 bits per heavy atom. The van der Waals surface area contributed by atoms with Gasteiger partial charge in [0.05, 0.1) is 15.7 Å². The van der Waals surface area contributed by atoms with Gasteiger partial charge in [-0.15, -0.1) is 0 Å². The molecule has 1 heterocycles. The Balaban J connectivity index is 1.61. The van der Waals surface area contributed by atoms with E-state index < -0.39 is 0 Å². The number of hydrogen-bond acceptors (Lipinski definition) is 2. The van der Waals surface area contributed by atoms with E-state index in [9.17, 15) is 0 Å². The van der Waals surface area contributed by atoms with Crippen molar-refractivity contribution in [2.45, 2.75) is 31.7 Å². The van der Waals surface area contributed by atoms with Gasteiger partial charge in [0.1, 0.15) is 0 Å². The Bertz CT molecular complexity index is 433. The van der Waals surface area contributed by atoms with Gasteiger partial charge in [-0.3, -0.25) is 0 Å². The number of nitrogens with one attached hydrogen (secondary N) is 2. The minimum absolute atomic E-state index is 0.555. The van der Waals surface area contributed by atoms with Gasteiger partial charge in [-0.1, -0.05) is 29.3 Å². The third-order valence-corrected chi connectivity index (χ3v) is 5.15. The highest BCUT2D eigenvalue weighted by Gasteiger charge is 2.44. The van der Waals surface area contributed by atoms with E-state index in [1.807, 2.05) is 18.2 Å². The molecule has 18 heavy (non-hydrogen) atoms. The van der Waals surface area contributed by atoms with Crippen LogP contribution in [0, 0.1) is 5.41 Å². The van der Waals surface area contributed by atoms with Crippen molar-refractivity contribution in [3.05, 3.63) is 28.2 Å². The van der Waals surface area contributed by atoms with Crippen LogP contribution in [-0.2, 0) is 0 Å². The molecule has 0 amide bonds. The van der Waals surface area contributed by atoms with Gasteiger partial charge in [-0.2, -0.15) is 0 Å². The monoisotopic (exact) mass is 284 g/mol. The first-order valence-corrected chi connectivity index (χ1v) is 7.35. The lowest BCUT2D eigenvalue weighted by atomic mass is 9.60. The number of halogens is 2. The Hall–Kier alpha value is -0.440. The predicted octanol–water partition coefficient (Wildman–Crippen LogP) is 3.94. The molecule has 1 aliphatic heterocycles. The summed E-state index contributed by atoms with van der Waals surface area (Å²) in [4.78, 5) is 0. The van der Waals surface area contributed by atoms with E-state index in [1.54, 1.807) is 0 Å². The minimum atomic E-state index is 0.555. The highest BCUT2D eigenvalue weighted by atomic mass is 35.5. The molecule has 98 valence electrons. The van der Waals surface area contributed by atoms with Gasteiger partial charge in [-0.05, 0) is 56.3 Å². The van der Waals surface area contributed by atoms with E-state index in [2.05, 4.69) is 10.6 Å².